The fraction of sp³-hybridized carbons (Fsp3) is 0.600. The molecule has 192 valence electrons. The second kappa shape index (κ2) is 9.77. The minimum absolute atomic E-state index is 0.235. The SMILES string of the molecule is C[C@H]1C[C@]2(CCN1CC1CCC1)C(N1CCCC1CC1C=CC=CC1)=NC(=O)N2c1cccc(F)c1. The summed E-state index contributed by atoms with van der Waals surface area (Å²) in [7, 11) is 0. The van der Waals surface area contributed by atoms with Crippen molar-refractivity contribution < 1.29 is 9.18 Å². The predicted molar refractivity (Wildman–Crippen MR) is 143 cm³/mol. The third-order valence-corrected chi connectivity index (χ3v) is 9.38. The average Bonchev–Trinajstić information content (AvgIpc) is 3.39. The van der Waals surface area contributed by atoms with E-state index < -0.39 is 5.54 Å². The average molecular weight is 491 g/mol. The number of urea groups is 1. The van der Waals surface area contributed by atoms with Gasteiger partial charge in [-0.25, -0.2) is 9.18 Å². The molecule has 1 aromatic carbocycles. The molecule has 3 heterocycles. The predicted octanol–water partition coefficient (Wildman–Crippen LogP) is 6.17. The fourth-order valence-electron chi connectivity index (χ4n) is 7.30. The lowest BCUT2D eigenvalue weighted by Crippen LogP contribution is -2.64. The molecule has 0 aromatic heterocycles. The van der Waals surface area contributed by atoms with Gasteiger partial charge in [-0.1, -0.05) is 36.8 Å². The Morgan fingerprint density at radius 2 is 2.03 bits per heavy atom. The summed E-state index contributed by atoms with van der Waals surface area (Å²) in [6.07, 6.45) is 19.1. The Balaban J connectivity index is 1.31. The number of carbonyl (C=O) groups excluding carboxylic acids is 1. The second-order valence-electron chi connectivity index (χ2n) is 11.7. The summed E-state index contributed by atoms with van der Waals surface area (Å²) in [4.78, 5) is 25.3. The van der Waals surface area contributed by atoms with Gasteiger partial charge in [0.2, 0.25) is 0 Å². The normalized spacial score (nSPS) is 33.0. The molecular formula is C30H39FN4O. The summed E-state index contributed by atoms with van der Waals surface area (Å²) in [6.45, 7) is 5.36. The standard InChI is InChI=1S/C30H39FN4O/c1-22-20-30(15-17-33(22)21-24-10-5-11-24)28(32-29(36)35(30)27-13-6-12-25(31)19-27)34-16-7-14-26(34)18-23-8-3-2-4-9-23/h2-4,6,8,12-13,19,22-24,26H,5,7,9-11,14-18,20-21H2,1H3/t22-,23?,26?,30+/m0/s1. The Morgan fingerprint density at radius 1 is 1.14 bits per heavy atom. The Morgan fingerprint density at radius 3 is 2.75 bits per heavy atom. The Hall–Kier alpha value is -2.47. The molecule has 0 bridgehead atoms. The van der Waals surface area contributed by atoms with Crippen molar-refractivity contribution in [2.75, 3.05) is 24.5 Å². The number of rotatable bonds is 5. The van der Waals surface area contributed by atoms with Crippen molar-refractivity contribution in [3.63, 3.8) is 0 Å². The van der Waals surface area contributed by atoms with Gasteiger partial charge in [0, 0.05) is 37.4 Å². The number of hydrogen-bond acceptors (Lipinski definition) is 3. The van der Waals surface area contributed by atoms with E-state index in [1.165, 1.54) is 31.4 Å². The Labute approximate surface area is 214 Å². The first-order valence-electron chi connectivity index (χ1n) is 14.1. The van der Waals surface area contributed by atoms with Crippen LogP contribution in [-0.2, 0) is 0 Å². The van der Waals surface area contributed by atoms with E-state index in [9.17, 15) is 9.18 Å². The molecule has 6 heteroatoms. The lowest BCUT2D eigenvalue weighted by molar-refractivity contribution is 0.0873. The Bertz CT molecular complexity index is 1080. The fourth-order valence-corrected chi connectivity index (χ4v) is 7.30. The van der Waals surface area contributed by atoms with Crippen molar-refractivity contribution in [3.05, 3.63) is 54.4 Å². The number of anilines is 1. The number of nitrogens with zero attached hydrogens (tertiary/aromatic N) is 4. The zero-order chi connectivity index (χ0) is 24.7. The first kappa shape index (κ1) is 23.9. The van der Waals surface area contributed by atoms with Crippen LogP contribution in [0, 0.1) is 17.7 Å². The number of amides is 2. The number of benzene rings is 1. The smallest absolute Gasteiger partial charge is 0.350 e. The molecule has 2 unspecified atom stereocenters. The number of piperidine rings is 1. The van der Waals surface area contributed by atoms with Crippen LogP contribution in [0.2, 0.25) is 0 Å². The highest BCUT2D eigenvalue weighted by molar-refractivity contribution is 6.16. The molecule has 2 aliphatic carbocycles. The van der Waals surface area contributed by atoms with E-state index in [4.69, 9.17) is 4.99 Å². The molecule has 5 aliphatic rings. The molecule has 3 aliphatic heterocycles. The highest BCUT2D eigenvalue weighted by atomic mass is 19.1. The monoisotopic (exact) mass is 490 g/mol. The maximum Gasteiger partial charge on any atom is 0.350 e. The van der Waals surface area contributed by atoms with E-state index >= 15 is 0 Å². The number of amidine groups is 1. The lowest BCUT2D eigenvalue weighted by Gasteiger charge is -2.51. The zero-order valence-corrected chi connectivity index (χ0v) is 21.5. The van der Waals surface area contributed by atoms with Crippen molar-refractivity contribution in [1.82, 2.24) is 9.80 Å². The molecule has 1 spiro atoms. The largest absolute Gasteiger partial charge is 0.355 e. The maximum atomic E-state index is 14.3. The molecule has 2 amide bonds. The summed E-state index contributed by atoms with van der Waals surface area (Å²) < 4.78 is 14.3. The van der Waals surface area contributed by atoms with E-state index in [1.54, 1.807) is 6.07 Å². The van der Waals surface area contributed by atoms with Gasteiger partial charge >= 0.3 is 6.03 Å². The minimum atomic E-state index is -0.509. The van der Waals surface area contributed by atoms with Crippen molar-refractivity contribution >= 4 is 17.6 Å². The van der Waals surface area contributed by atoms with Crippen LogP contribution in [0.4, 0.5) is 14.9 Å². The van der Waals surface area contributed by atoms with Crippen molar-refractivity contribution in [1.29, 1.82) is 0 Å². The molecule has 0 radical (unpaired) electrons. The molecule has 2 saturated heterocycles. The lowest BCUT2D eigenvalue weighted by atomic mass is 9.78. The van der Waals surface area contributed by atoms with Gasteiger partial charge in [-0.3, -0.25) is 4.90 Å². The van der Waals surface area contributed by atoms with Gasteiger partial charge in [-0.05, 0) is 88.3 Å². The first-order chi connectivity index (χ1) is 17.5. The second-order valence-corrected chi connectivity index (χ2v) is 11.7. The van der Waals surface area contributed by atoms with E-state index in [1.807, 2.05) is 11.0 Å². The van der Waals surface area contributed by atoms with Gasteiger partial charge in [0.1, 0.15) is 17.2 Å². The van der Waals surface area contributed by atoms with E-state index in [0.29, 0.717) is 23.7 Å². The van der Waals surface area contributed by atoms with Crippen molar-refractivity contribution in [2.24, 2.45) is 16.8 Å². The molecule has 6 rings (SSSR count). The van der Waals surface area contributed by atoms with Crippen molar-refractivity contribution in [3.8, 4) is 0 Å². The molecular weight excluding hydrogens is 451 g/mol. The van der Waals surface area contributed by atoms with Crippen LogP contribution < -0.4 is 4.90 Å². The first-order valence-corrected chi connectivity index (χ1v) is 14.1. The third kappa shape index (κ3) is 4.31. The van der Waals surface area contributed by atoms with E-state index in [0.717, 1.165) is 69.9 Å². The minimum Gasteiger partial charge on any atom is -0.355 e. The van der Waals surface area contributed by atoms with Gasteiger partial charge in [-0.15, -0.1) is 0 Å². The third-order valence-electron chi connectivity index (χ3n) is 9.38. The summed E-state index contributed by atoms with van der Waals surface area (Å²) in [6, 6.07) is 7.04. The summed E-state index contributed by atoms with van der Waals surface area (Å²) in [5.41, 5.74) is 0.125. The molecule has 1 aromatic rings. The summed E-state index contributed by atoms with van der Waals surface area (Å²) in [5.74, 6) is 2.00. The highest BCUT2D eigenvalue weighted by Gasteiger charge is 2.56. The van der Waals surface area contributed by atoms with Gasteiger partial charge in [-0.2, -0.15) is 4.99 Å². The molecule has 36 heavy (non-hydrogen) atoms. The number of likely N-dealkylation sites (tertiary alicyclic amines) is 2. The van der Waals surface area contributed by atoms with Gasteiger partial charge in [0.05, 0.1) is 0 Å². The molecule has 5 nitrogen and oxygen atoms in total. The number of allylic oxidation sites excluding steroid dienone is 4. The van der Waals surface area contributed by atoms with E-state index in [-0.39, 0.29) is 11.8 Å². The number of halogens is 1. The molecule has 4 atom stereocenters. The Kier molecular flexibility index (Phi) is 6.49. The van der Waals surface area contributed by atoms with Crippen LogP contribution >= 0.6 is 0 Å². The van der Waals surface area contributed by atoms with Crippen molar-refractivity contribution in [2.45, 2.75) is 82.3 Å². The topological polar surface area (TPSA) is 39.1 Å². The molecule has 1 saturated carbocycles. The van der Waals surface area contributed by atoms with E-state index in [2.05, 4.69) is 41.0 Å². The number of aliphatic imine (C=N–C) groups is 1. The van der Waals surface area contributed by atoms with Crippen LogP contribution in [0.1, 0.15) is 64.7 Å². The van der Waals surface area contributed by atoms with Crippen LogP contribution in [0.3, 0.4) is 0 Å². The highest BCUT2D eigenvalue weighted by Crippen LogP contribution is 2.44. The summed E-state index contributed by atoms with van der Waals surface area (Å²) >= 11 is 0. The maximum absolute atomic E-state index is 14.3. The zero-order valence-electron chi connectivity index (χ0n) is 21.5. The molecule has 3 fully saturated rings. The summed E-state index contributed by atoms with van der Waals surface area (Å²) in [5, 5.41) is 0. The van der Waals surface area contributed by atoms with Crippen LogP contribution in [-0.4, -0.2) is 58.9 Å². The quantitative estimate of drug-likeness (QED) is 0.495. The number of hydrogen-bond donors (Lipinski definition) is 0. The van der Waals surface area contributed by atoms with Crippen LogP contribution in [0.25, 0.3) is 0 Å². The van der Waals surface area contributed by atoms with Crippen LogP contribution in [0.15, 0.2) is 53.6 Å². The van der Waals surface area contributed by atoms with Gasteiger partial charge in [0.15, 0.2) is 0 Å². The van der Waals surface area contributed by atoms with Crippen LogP contribution in [0.5, 0.6) is 0 Å². The van der Waals surface area contributed by atoms with Gasteiger partial charge in [0.25, 0.3) is 0 Å². The van der Waals surface area contributed by atoms with Gasteiger partial charge < -0.3 is 9.80 Å². The molecule has 0 N–H and O–H groups in total. The number of carbonyl (C=O) groups is 1.